The number of H-pyrrole nitrogens is 1. The van der Waals surface area contributed by atoms with E-state index in [-0.39, 0.29) is 18.3 Å². The van der Waals surface area contributed by atoms with Crippen molar-refractivity contribution < 1.29 is 14.6 Å². The number of aromatic nitrogens is 2. The highest BCUT2D eigenvalue weighted by Gasteiger charge is 2.62. The Morgan fingerprint density at radius 3 is 3.00 bits per heavy atom. The molecule has 5 rings (SSSR count). The van der Waals surface area contributed by atoms with Gasteiger partial charge in [0.15, 0.2) is 0 Å². The zero-order valence-corrected chi connectivity index (χ0v) is 15.0. The molecule has 1 spiro atoms. The molecule has 138 valence electrons. The van der Waals surface area contributed by atoms with Gasteiger partial charge in [0.25, 0.3) is 0 Å². The van der Waals surface area contributed by atoms with Crippen molar-refractivity contribution in [3.63, 3.8) is 0 Å². The summed E-state index contributed by atoms with van der Waals surface area (Å²) in [5, 5.41) is 17.2. The number of ether oxygens (including phenoxy) is 2. The van der Waals surface area contributed by atoms with Crippen molar-refractivity contribution in [2.24, 2.45) is 11.8 Å². The fourth-order valence-electron chi connectivity index (χ4n) is 5.33. The summed E-state index contributed by atoms with van der Waals surface area (Å²) in [6.07, 6.45) is 4.42. The third kappa shape index (κ3) is 2.40. The minimum atomic E-state index is -0.0257. The number of nitrogens with zero attached hydrogens (tertiary/aromatic N) is 2. The molecule has 26 heavy (non-hydrogen) atoms. The average Bonchev–Trinajstić information content (AvgIpc) is 3.41. The number of hydrogen-bond acceptors (Lipinski definition) is 5. The summed E-state index contributed by atoms with van der Waals surface area (Å²) in [6.45, 7) is 3.04. The largest absolute Gasteiger partial charge is 0.497 e. The third-order valence-electron chi connectivity index (χ3n) is 6.56. The monoisotopic (exact) mass is 355 g/mol. The van der Waals surface area contributed by atoms with E-state index in [9.17, 15) is 5.11 Å². The van der Waals surface area contributed by atoms with E-state index in [2.05, 4.69) is 27.2 Å². The Morgan fingerprint density at radius 1 is 1.38 bits per heavy atom. The summed E-state index contributed by atoms with van der Waals surface area (Å²) in [5.74, 6) is 1.62. The number of benzene rings is 1. The highest BCUT2D eigenvalue weighted by Crippen LogP contribution is 2.54. The van der Waals surface area contributed by atoms with Crippen LogP contribution in [0.3, 0.4) is 0 Å². The summed E-state index contributed by atoms with van der Waals surface area (Å²) in [5.41, 5.74) is 3.34. The van der Waals surface area contributed by atoms with E-state index in [0.717, 1.165) is 49.5 Å². The number of rotatable bonds is 5. The van der Waals surface area contributed by atoms with E-state index in [1.54, 1.807) is 7.11 Å². The second-order valence-corrected chi connectivity index (χ2v) is 7.88. The highest BCUT2D eigenvalue weighted by atomic mass is 16.5. The van der Waals surface area contributed by atoms with Gasteiger partial charge in [-0.3, -0.25) is 10.00 Å². The van der Waals surface area contributed by atoms with Crippen LogP contribution in [0.25, 0.3) is 11.3 Å². The fraction of sp³-hybridized carbons (Fsp3) is 0.550. The maximum atomic E-state index is 9.79. The predicted octanol–water partition coefficient (Wildman–Crippen LogP) is 2.06. The molecule has 0 aliphatic carbocycles. The van der Waals surface area contributed by atoms with Crippen molar-refractivity contribution in [2.45, 2.75) is 31.1 Å². The lowest BCUT2D eigenvalue weighted by Gasteiger charge is -2.28. The van der Waals surface area contributed by atoms with Crippen molar-refractivity contribution in [1.29, 1.82) is 0 Å². The standard InChI is InChI=1S/C20H25N3O3/c1-25-15-4-2-13(3-5-15)19-14(8-21-22-19)9-23-10-17-16(11-24)18-6-7-20(17,12-23)26-18/h2-5,8,16-18,24H,6-7,9-12H2,1H3,(H,21,22)/t16-,17+,18+,20+/m1/s1. The molecule has 1 aromatic heterocycles. The van der Waals surface area contributed by atoms with Gasteiger partial charge in [-0.15, -0.1) is 0 Å². The highest BCUT2D eigenvalue weighted by molar-refractivity contribution is 5.63. The Bertz CT molecular complexity index is 790. The molecule has 3 aliphatic rings. The number of aromatic amines is 1. The Labute approximate surface area is 153 Å². The lowest BCUT2D eigenvalue weighted by Crippen LogP contribution is -2.37. The average molecular weight is 355 g/mol. The number of aliphatic hydroxyl groups excluding tert-OH is 1. The zero-order chi connectivity index (χ0) is 17.7. The smallest absolute Gasteiger partial charge is 0.118 e. The van der Waals surface area contributed by atoms with Crippen molar-refractivity contribution in [1.82, 2.24) is 15.1 Å². The van der Waals surface area contributed by atoms with E-state index < -0.39 is 0 Å². The van der Waals surface area contributed by atoms with Crippen LogP contribution in [0, 0.1) is 11.8 Å². The van der Waals surface area contributed by atoms with Crippen LogP contribution in [-0.4, -0.2) is 58.7 Å². The Hall–Kier alpha value is -1.89. The Kier molecular flexibility index (Phi) is 3.81. The first kappa shape index (κ1) is 16.3. The normalized spacial score (nSPS) is 32.9. The predicted molar refractivity (Wildman–Crippen MR) is 96.8 cm³/mol. The molecule has 4 heterocycles. The van der Waals surface area contributed by atoms with Gasteiger partial charge in [0.05, 0.1) is 30.7 Å². The molecule has 4 atom stereocenters. The molecule has 6 heteroatoms. The van der Waals surface area contributed by atoms with Crippen LogP contribution in [0.5, 0.6) is 5.75 Å². The number of likely N-dealkylation sites (tertiary alicyclic amines) is 1. The fourth-order valence-corrected chi connectivity index (χ4v) is 5.33. The van der Waals surface area contributed by atoms with Crippen LogP contribution in [0.15, 0.2) is 30.5 Å². The topological polar surface area (TPSA) is 70.6 Å². The van der Waals surface area contributed by atoms with Gasteiger partial charge in [-0.2, -0.15) is 5.10 Å². The number of methoxy groups -OCH3 is 1. The quantitative estimate of drug-likeness (QED) is 0.859. The third-order valence-corrected chi connectivity index (χ3v) is 6.56. The SMILES string of the molecule is COc1ccc(-c2[nH]ncc2CN2C[C@H]3[C@@H](CO)[C@@H]4CC[C@@]3(C2)O4)cc1. The van der Waals surface area contributed by atoms with E-state index >= 15 is 0 Å². The number of nitrogens with one attached hydrogen (secondary N) is 1. The van der Waals surface area contributed by atoms with Gasteiger partial charge in [0, 0.05) is 49.2 Å². The van der Waals surface area contributed by atoms with Gasteiger partial charge in [0.1, 0.15) is 5.75 Å². The molecule has 0 amide bonds. The van der Waals surface area contributed by atoms with Crippen molar-refractivity contribution in [3.05, 3.63) is 36.0 Å². The second-order valence-electron chi connectivity index (χ2n) is 7.88. The number of hydrogen-bond donors (Lipinski definition) is 2. The Balaban J connectivity index is 1.35. The maximum Gasteiger partial charge on any atom is 0.118 e. The van der Waals surface area contributed by atoms with Crippen molar-refractivity contribution in [2.75, 3.05) is 26.8 Å². The maximum absolute atomic E-state index is 9.79. The molecule has 3 saturated heterocycles. The minimum absolute atomic E-state index is 0.0257. The molecule has 3 aliphatic heterocycles. The van der Waals surface area contributed by atoms with E-state index in [0.29, 0.717) is 11.8 Å². The van der Waals surface area contributed by atoms with Gasteiger partial charge in [-0.1, -0.05) is 0 Å². The number of aliphatic hydroxyl groups is 1. The molecule has 0 unspecified atom stereocenters. The molecule has 0 radical (unpaired) electrons. The first-order chi connectivity index (χ1) is 12.7. The van der Waals surface area contributed by atoms with Gasteiger partial charge in [0.2, 0.25) is 0 Å². The molecule has 2 N–H and O–H groups in total. The van der Waals surface area contributed by atoms with Gasteiger partial charge in [-0.25, -0.2) is 0 Å². The van der Waals surface area contributed by atoms with Crippen molar-refractivity contribution >= 4 is 0 Å². The summed E-state index contributed by atoms with van der Waals surface area (Å²) < 4.78 is 11.6. The van der Waals surface area contributed by atoms with Crippen LogP contribution >= 0.6 is 0 Å². The van der Waals surface area contributed by atoms with Crippen LogP contribution in [0.1, 0.15) is 18.4 Å². The van der Waals surface area contributed by atoms with Gasteiger partial charge in [-0.05, 0) is 37.1 Å². The van der Waals surface area contributed by atoms with Crippen molar-refractivity contribution in [3.8, 4) is 17.0 Å². The van der Waals surface area contributed by atoms with E-state index in [1.807, 2.05) is 18.3 Å². The van der Waals surface area contributed by atoms with Crippen LogP contribution in [0.2, 0.25) is 0 Å². The number of fused-ring (bicyclic) bond motifs is 1. The zero-order valence-electron chi connectivity index (χ0n) is 15.0. The van der Waals surface area contributed by atoms with E-state index in [1.165, 1.54) is 5.56 Å². The molecule has 0 saturated carbocycles. The van der Waals surface area contributed by atoms with E-state index in [4.69, 9.17) is 9.47 Å². The molecule has 2 aromatic rings. The first-order valence-corrected chi connectivity index (χ1v) is 9.40. The first-order valence-electron chi connectivity index (χ1n) is 9.40. The lowest BCUT2D eigenvalue weighted by atomic mass is 9.74. The molecule has 6 nitrogen and oxygen atoms in total. The summed E-state index contributed by atoms with van der Waals surface area (Å²) in [6, 6.07) is 8.05. The summed E-state index contributed by atoms with van der Waals surface area (Å²) >= 11 is 0. The van der Waals surface area contributed by atoms with Crippen LogP contribution in [-0.2, 0) is 11.3 Å². The molecular weight excluding hydrogens is 330 g/mol. The summed E-state index contributed by atoms with van der Waals surface area (Å²) in [4.78, 5) is 2.47. The molecule has 1 aromatic carbocycles. The lowest BCUT2D eigenvalue weighted by molar-refractivity contribution is 0.000391. The van der Waals surface area contributed by atoms with Gasteiger partial charge < -0.3 is 14.6 Å². The van der Waals surface area contributed by atoms with Crippen LogP contribution < -0.4 is 4.74 Å². The Morgan fingerprint density at radius 2 is 2.23 bits per heavy atom. The molecule has 3 fully saturated rings. The molecule has 2 bridgehead atoms. The molecular formula is C20H25N3O3. The second kappa shape index (κ2) is 6.08. The van der Waals surface area contributed by atoms with Gasteiger partial charge >= 0.3 is 0 Å². The minimum Gasteiger partial charge on any atom is -0.497 e. The van der Waals surface area contributed by atoms with Crippen LogP contribution in [0.4, 0.5) is 0 Å². The summed E-state index contributed by atoms with van der Waals surface area (Å²) in [7, 11) is 1.68.